The van der Waals surface area contributed by atoms with E-state index >= 15 is 0 Å². The van der Waals surface area contributed by atoms with Gasteiger partial charge in [0.15, 0.2) is 0 Å². The van der Waals surface area contributed by atoms with Crippen LogP contribution >= 0.6 is 0 Å². The fourth-order valence-corrected chi connectivity index (χ4v) is 5.16. The number of hydrogen-bond donors (Lipinski definition) is 2. The highest BCUT2D eigenvalue weighted by atomic mass is 19.1. The van der Waals surface area contributed by atoms with E-state index in [1.807, 2.05) is 17.0 Å². The Balaban J connectivity index is 1.57. The number of aliphatic hydroxyl groups excluding tert-OH is 1. The largest absolute Gasteiger partial charge is 0.396 e. The molecule has 2 fully saturated rings. The SMILES string of the molecule is N[C@H]1C[C@H](C(=O)N2CCc3ccccc3[C@@H]2C2CCC(F)CC2)OC[C@@H]1CO. The van der Waals surface area contributed by atoms with Crippen LogP contribution in [-0.4, -0.2) is 54.0 Å². The number of ether oxygens (including phenoxy) is 1. The van der Waals surface area contributed by atoms with Gasteiger partial charge in [0.1, 0.15) is 12.3 Å². The number of nitrogens with two attached hydrogens (primary N) is 1. The summed E-state index contributed by atoms with van der Waals surface area (Å²) in [5, 5.41) is 9.39. The smallest absolute Gasteiger partial charge is 0.252 e. The van der Waals surface area contributed by atoms with Crippen LogP contribution in [0.25, 0.3) is 0 Å². The maximum absolute atomic E-state index is 13.7. The Morgan fingerprint density at radius 2 is 2.00 bits per heavy atom. The maximum atomic E-state index is 13.7. The van der Waals surface area contributed by atoms with Gasteiger partial charge in [0, 0.05) is 25.1 Å². The quantitative estimate of drug-likeness (QED) is 0.831. The molecule has 154 valence electrons. The number of halogens is 1. The fraction of sp³-hybridized carbons (Fsp3) is 0.682. The summed E-state index contributed by atoms with van der Waals surface area (Å²) < 4.78 is 19.6. The monoisotopic (exact) mass is 390 g/mol. The van der Waals surface area contributed by atoms with Crippen molar-refractivity contribution in [2.75, 3.05) is 19.8 Å². The second kappa shape index (κ2) is 8.47. The Morgan fingerprint density at radius 1 is 1.25 bits per heavy atom. The summed E-state index contributed by atoms with van der Waals surface area (Å²) >= 11 is 0. The molecule has 3 N–H and O–H groups in total. The summed E-state index contributed by atoms with van der Waals surface area (Å²) in [5.41, 5.74) is 8.66. The molecule has 1 saturated carbocycles. The van der Waals surface area contributed by atoms with Crippen molar-refractivity contribution in [1.29, 1.82) is 0 Å². The highest BCUT2D eigenvalue weighted by Crippen LogP contribution is 2.43. The molecule has 1 aromatic rings. The molecular formula is C22H31FN2O3. The van der Waals surface area contributed by atoms with E-state index in [1.54, 1.807) is 0 Å². The molecular weight excluding hydrogens is 359 g/mol. The van der Waals surface area contributed by atoms with E-state index in [9.17, 15) is 14.3 Å². The van der Waals surface area contributed by atoms with Gasteiger partial charge in [-0.05, 0) is 55.6 Å². The number of carbonyl (C=O) groups excluding carboxylic acids is 1. The van der Waals surface area contributed by atoms with Crippen molar-refractivity contribution in [2.24, 2.45) is 17.6 Å². The zero-order chi connectivity index (χ0) is 19.7. The minimum atomic E-state index is -0.714. The molecule has 4 atom stereocenters. The molecule has 5 nitrogen and oxygen atoms in total. The number of aliphatic hydroxyl groups is 1. The van der Waals surface area contributed by atoms with Crippen molar-refractivity contribution in [1.82, 2.24) is 4.90 Å². The third kappa shape index (κ3) is 3.82. The minimum Gasteiger partial charge on any atom is -0.396 e. The van der Waals surface area contributed by atoms with Crippen LogP contribution in [0.3, 0.4) is 0 Å². The van der Waals surface area contributed by atoms with Gasteiger partial charge in [0.25, 0.3) is 5.91 Å². The molecule has 4 rings (SSSR count). The zero-order valence-electron chi connectivity index (χ0n) is 16.3. The third-order valence-electron chi connectivity index (χ3n) is 6.88. The molecule has 2 aliphatic heterocycles. The van der Waals surface area contributed by atoms with Crippen molar-refractivity contribution in [3.63, 3.8) is 0 Å². The van der Waals surface area contributed by atoms with Gasteiger partial charge >= 0.3 is 0 Å². The van der Waals surface area contributed by atoms with Crippen molar-refractivity contribution in [2.45, 2.75) is 62.9 Å². The molecule has 0 spiro atoms. The average molecular weight is 390 g/mol. The second-order valence-corrected chi connectivity index (χ2v) is 8.60. The summed E-state index contributed by atoms with van der Waals surface area (Å²) in [7, 11) is 0. The van der Waals surface area contributed by atoms with Crippen LogP contribution in [0.15, 0.2) is 24.3 Å². The Bertz CT molecular complexity index is 692. The van der Waals surface area contributed by atoms with E-state index < -0.39 is 12.3 Å². The average Bonchev–Trinajstić information content (AvgIpc) is 2.73. The number of hydrogen-bond acceptors (Lipinski definition) is 4. The first-order valence-electron chi connectivity index (χ1n) is 10.6. The Kier molecular flexibility index (Phi) is 5.99. The van der Waals surface area contributed by atoms with Gasteiger partial charge in [-0.1, -0.05) is 24.3 Å². The topological polar surface area (TPSA) is 75.8 Å². The first-order chi connectivity index (χ1) is 13.6. The summed E-state index contributed by atoms with van der Waals surface area (Å²) in [6, 6.07) is 8.09. The zero-order valence-corrected chi connectivity index (χ0v) is 16.3. The van der Waals surface area contributed by atoms with Crippen LogP contribution in [0.4, 0.5) is 4.39 Å². The van der Waals surface area contributed by atoms with E-state index in [0.717, 1.165) is 19.3 Å². The lowest BCUT2D eigenvalue weighted by atomic mass is 9.76. The van der Waals surface area contributed by atoms with Gasteiger partial charge in [0.2, 0.25) is 0 Å². The van der Waals surface area contributed by atoms with Crippen LogP contribution in [-0.2, 0) is 16.0 Å². The number of rotatable bonds is 3. The van der Waals surface area contributed by atoms with Gasteiger partial charge in [-0.2, -0.15) is 0 Å². The molecule has 1 amide bonds. The first kappa shape index (κ1) is 19.8. The van der Waals surface area contributed by atoms with E-state index in [1.165, 1.54) is 11.1 Å². The minimum absolute atomic E-state index is 0.00582. The van der Waals surface area contributed by atoms with Crippen LogP contribution in [0.1, 0.15) is 49.3 Å². The summed E-state index contributed by atoms with van der Waals surface area (Å²) in [6.45, 7) is 0.957. The lowest BCUT2D eigenvalue weighted by molar-refractivity contribution is -0.155. The van der Waals surface area contributed by atoms with Crippen molar-refractivity contribution in [3.8, 4) is 0 Å². The maximum Gasteiger partial charge on any atom is 0.252 e. The first-order valence-corrected chi connectivity index (χ1v) is 10.6. The van der Waals surface area contributed by atoms with Gasteiger partial charge in [-0.25, -0.2) is 4.39 Å². The van der Waals surface area contributed by atoms with Crippen LogP contribution in [0, 0.1) is 11.8 Å². The molecule has 0 aromatic heterocycles. The highest BCUT2D eigenvalue weighted by molar-refractivity contribution is 5.82. The van der Waals surface area contributed by atoms with E-state index in [4.69, 9.17) is 10.5 Å². The Labute approximate surface area is 166 Å². The molecule has 1 aliphatic carbocycles. The second-order valence-electron chi connectivity index (χ2n) is 8.60. The van der Waals surface area contributed by atoms with E-state index in [0.29, 0.717) is 32.4 Å². The van der Waals surface area contributed by atoms with Crippen molar-refractivity contribution >= 4 is 5.91 Å². The molecule has 2 heterocycles. The summed E-state index contributed by atoms with van der Waals surface area (Å²) in [4.78, 5) is 15.4. The molecule has 0 bridgehead atoms. The Morgan fingerprint density at radius 3 is 2.71 bits per heavy atom. The number of nitrogens with zero attached hydrogens (tertiary/aromatic N) is 1. The Hall–Kier alpha value is -1.50. The molecule has 28 heavy (non-hydrogen) atoms. The normalized spacial score (nSPS) is 36.0. The lowest BCUT2D eigenvalue weighted by Gasteiger charge is -2.45. The fourth-order valence-electron chi connectivity index (χ4n) is 5.16. The van der Waals surface area contributed by atoms with E-state index in [2.05, 4.69) is 12.1 Å². The number of alkyl halides is 1. The number of amides is 1. The molecule has 3 aliphatic rings. The standard InChI is InChI=1S/C22H31FN2O3/c23-17-7-5-15(6-8-17)21-18-4-2-1-3-14(18)9-10-25(21)22(27)20-11-19(24)16(12-26)13-28-20/h1-4,15-17,19-21,26H,5-13,24H2/t15?,16-,17?,19-,20+,21-/m0/s1. The van der Waals surface area contributed by atoms with E-state index in [-0.39, 0.29) is 36.4 Å². The molecule has 0 unspecified atom stereocenters. The van der Waals surface area contributed by atoms with Crippen molar-refractivity contribution < 1.29 is 19.0 Å². The van der Waals surface area contributed by atoms with Crippen LogP contribution in [0.2, 0.25) is 0 Å². The number of benzene rings is 1. The van der Waals surface area contributed by atoms with Gasteiger partial charge in [-0.15, -0.1) is 0 Å². The van der Waals surface area contributed by atoms with Crippen LogP contribution in [0.5, 0.6) is 0 Å². The molecule has 1 saturated heterocycles. The van der Waals surface area contributed by atoms with Gasteiger partial charge in [-0.3, -0.25) is 4.79 Å². The molecule has 0 radical (unpaired) electrons. The summed E-state index contributed by atoms with van der Waals surface area (Å²) in [6.07, 6.45) is 2.77. The predicted molar refractivity (Wildman–Crippen MR) is 104 cm³/mol. The van der Waals surface area contributed by atoms with Crippen molar-refractivity contribution in [3.05, 3.63) is 35.4 Å². The number of fused-ring (bicyclic) bond motifs is 1. The predicted octanol–water partition coefficient (Wildman–Crippen LogP) is 2.37. The molecule has 6 heteroatoms. The van der Waals surface area contributed by atoms with Gasteiger partial charge < -0.3 is 20.5 Å². The summed E-state index contributed by atoms with van der Waals surface area (Å²) in [5.74, 6) is 0.162. The third-order valence-corrected chi connectivity index (χ3v) is 6.88. The highest BCUT2D eigenvalue weighted by Gasteiger charge is 2.42. The number of carbonyl (C=O) groups is 1. The lowest BCUT2D eigenvalue weighted by Crippen LogP contribution is -2.53. The van der Waals surface area contributed by atoms with Gasteiger partial charge in [0.05, 0.1) is 12.6 Å². The van der Waals surface area contributed by atoms with Crippen LogP contribution < -0.4 is 5.73 Å². The molecule has 1 aromatic carbocycles.